The Hall–Kier alpha value is -2.58. The van der Waals surface area contributed by atoms with Crippen molar-refractivity contribution in [2.24, 2.45) is 0 Å². The summed E-state index contributed by atoms with van der Waals surface area (Å²) in [5.74, 6) is -0.266. The molecule has 142 valence electrons. The Morgan fingerprint density at radius 2 is 2.19 bits per heavy atom. The molecular weight excluding hydrogens is 367 g/mol. The summed E-state index contributed by atoms with van der Waals surface area (Å²) in [7, 11) is 0. The van der Waals surface area contributed by atoms with Gasteiger partial charge in [-0.15, -0.1) is 11.3 Å². The van der Waals surface area contributed by atoms with Crippen LogP contribution in [0.1, 0.15) is 24.7 Å². The van der Waals surface area contributed by atoms with E-state index in [-0.39, 0.29) is 23.7 Å². The third-order valence-corrected chi connectivity index (χ3v) is 4.95. The van der Waals surface area contributed by atoms with Gasteiger partial charge in [-0.05, 0) is 49.0 Å². The molecule has 2 N–H and O–H groups in total. The van der Waals surface area contributed by atoms with Crippen molar-refractivity contribution in [3.63, 3.8) is 0 Å². The zero-order chi connectivity index (χ0) is 19.4. The summed E-state index contributed by atoms with van der Waals surface area (Å²) in [6.45, 7) is 4.85. The van der Waals surface area contributed by atoms with Gasteiger partial charge in [0, 0.05) is 0 Å². The number of H-pyrrole nitrogens is 1. The maximum atomic E-state index is 13.9. The highest BCUT2D eigenvalue weighted by atomic mass is 32.1. The van der Waals surface area contributed by atoms with Crippen molar-refractivity contribution in [3.05, 3.63) is 57.2 Å². The van der Waals surface area contributed by atoms with Crippen molar-refractivity contribution in [3.8, 4) is 0 Å². The van der Waals surface area contributed by atoms with Crippen LogP contribution in [0.5, 0.6) is 0 Å². The van der Waals surface area contributed by atoms with E-state index < -0.39 is 5.82 Å². The fourth-order valence-corrected chi connectivity index (χ4v) is 3.58. The number of hydrogen-bond donors (Lipinski definition) is 2. The van der Waals surface area contributed by atoms with Crippen LogP contribution in [0.2, 0.25) is 0 Å². The standard InChI is InChI=1S/C19H21FN4O2S/c1-3-7-24(10-16-21-15-6-8-27-18(15)19(26)23-16)11-17(25)22-14-5-4-12(2)9-13(14)20/h4-6,8-9H,3,7,10-11H2,1-2H3,(H,22,25)(H,21,23,26). The first kappa shape index (κ1) is 19.2. The normalized spacial score (nSPS) is 11.3. The largest absolute Gasteiger partial charge is 0.322 e. The number of fused-ring (bicyclic) bond motifs is 1. The lowest BCUT2D eigenvalue weighted by atomic mass is 10.2. The summed E-state index contributed by atoms with van der Waals surface area (Å²) in [6.07, 6.45) is 0.830. The zero-order valence-electron chi connectivity index (χ0n) is 15.2. The number of aromatic nitrogens is 2. The number of halogens is 1. The molecule has 27 heavy (non-hydrogen) atoms. The van der Waals surface area contributed by atoms with E-state index in [2.05, 4.69) is 15.3 Å². The molecule has 3 aromatic rings. The summed E-state index contributed by atoms with van der Waals surface area (Å²) >= 11 is 1.35. The second-order valence-corrected chi connectivity index (χ2v) is 7.31. The molecule has 3 rings (SSSR count). The van der Waals surface area contributed by atoms with Crippen molar-refractivity contribution in [1.82, 2.24) is 14.9 Å². The van der Waals surface area contributed by atoms with E-state index >= 15 is 0 Å². The summed E-state index contributed by atoms with van der Waals surface area (Å²) < 4.78 is 14.5. The van der Waals surface area contributed by atoms with Crippen LogP contribution in [0.15, 0.2) is 34.4 Å². The van der Waals surface area contributed by atoms with Gasteiger partial charge in [0.2, 0.25) is 5.91 Å². The number of amides is 1. The molecule has 8 heteroatoms. The molecule has 0 spiro atoms. The van der Waals surface area contributed by atoms with E-state index in [1.807, 2.05) is 17.2 Å². The van der Waals surface area contributed by atoms with Gasteiger partial charge in [-0.2, -0.15) is 0 Å². The Labute approximate surface area is 160 Å². The Kier molecular flexibility index (Phi) is 5.98. The molecular formula is C19H21FN4O2S. The van der Waals surface area contributed by atoms with Gasteiger partial charge in [-0.3, -0.25) is 14.5 Å². The third kappa shape index (κ3) is 4.78. The summed E-state index contributed by atoms with van der Waals surface area (Å²) in [6, 6.07) is 6.48. The highest BCUT2D eigenvalue weighted by molar-refractivity contribution is 7.17. The maximum absolute atomic E-state index is 13.9. The molecule has 0 fully saturated rings. The fraction of sp³-hybridized carbons (Fsp3) is 0.316. The monoisotopic (exact) mass is 388 g/mol. The van der Waals surface area contributed by atoms with Crippen molar-refractivity contribution in [2.45, 2.75) is 26.8 Å². The molecule has 0 bridgehead atoms. The van der Waals surface area contributed by atoms with Crippen molar-refractivity contribution in [2.75, 3.05) is 18.4 Å². The van der Waals surface area contributed by atoms with Crippen LogP contribution in [0, 0.1) is 12.7 Å². The van der Waals surface area contributed by atoms with Crippen LogP contribution < -0.4 is 10.9 Å². The highest BCUT2D eigenvalue weighted by Gasteiger charge is 2.15. The Morgan fingerprint density at radius 1 is 1.37 bits per heavy atom. The maximum Gasteiger partial charge on any atom is 0.268 e. The molecule has 2 heterocycles. The molecule has 0 saturated carbocycles. The summed E-state index contributed by atoms with van der Waals surface area (Å²) in [5, 5.41) is 4.43. The van der Waals surface area contributed by atoms with Crippen molar-refractivity contribution in [1.29, 1.82) is 0 Å². The average Bonchev–Trinajstić information content (AvgIpc) is 3.07. The lowest BCUT2D eigenvalue weighted by Gasteiger charge is -2.20. The molecule has 1 amide bonds. The highest BCUT2D eigenvalue weighted by Crippen LogP contribution is 2.16. The van der Waals surface area contributed by atoms with Crippen LogP contribution in [0.3, 0.4) is 0 Å². The topological polar surface area (TPSA) is 78.1 Å². The van der Waals surface area contributed by atoms with Gasteiger partial charge < -0.3 is 10.3 Å². The minimum absolute atomic E-state index is 0.0759. The van der Waals surface area contributed by atoms with E-state index in [1.165, 1.54) is 17.4 Å². The number of benzene rings is 1. The van der Waals surface area contributed by atoms with Crippen LogP contribution in [-0.4, -0.2) is 33.9 Å². The van der Waals surface area contributed by atoms with Gasteiger partial charge in [0.15, 0.2) is 0 Å². The van der Waals surface area contributed by atoms with E-state index in [1.54, 1.807) is 25.1 Å². The molecule has 0 unspecified atom stereocenters. The molecule has 0 aliphatic carbocycles. The average molecular weight is 388 g/mol. The summed E-state index contributed by atoms with van der Waals surface area (Å²) in [5.41, 5.74) is 1.43. The van der Waals surface area contributed by atoms with Gasteiger partial charge in [0.25, 0.3) is 5.56 Å². The lowest BCUT2D eigenvalue weighted by Crippen LogP contribution is -2.34. The quantitative estimate of drug-likeness (QED) is 0.651. The van der Waals surface area contributed by atoms with Gasteiger partial charge in [-0.25, -0.2) is 9.37 Å². The van der Waals surface area contributed by atoms with E-state index in [4.69, 9.17) is 0 Å². The number of aryl methyl sites for hydroxylation is 1. The molecule has 0 aliphatic heterocycles. The zero-order valence-corrected chi connectivity index (χ0v) is 16.0. The number of rotatable bonds is 7. The minimum atomic E-state index is -0.459. The van der Waals surface area contributed by atoms with Gasteiger partial charge in [0.1, 0.15) is 16.3 Å². The smallest absolute Gasteiger partial charge is 0.268 e. The van der Waals surface area contributed by atoms with E-state index in [0.29, 0.717) is 29.1 Å². The van der Waals surface area contributed by atoms with Crippen molar-refractivity contribution < 1.29 is 9.18 Å². The number of carbonyl (C=O) groups excluding carboxylic acids is 1. The predicted octanol–water partition coefficient (Wildman–Crippen LogP) is 3.28. The van der Waals surface area contributed by atoms with Crippen molar-refractivity contribution >= 4 is 33.1 Å². The molecule has 6 nitrogen and oxygen atoms in total. The number of anilines is 1. The number of nitrogens with zero attached hydrogens (tertiary/aromatic N) is 2. The Morgan fingerprint density at radius 3 is 2.93 bits per heavy atom. The van der Waals surface area contributed by atoms with Crippen LogP contribution in [-0.2, 0) is 11.3 Å². The number of thiophene rings is 1. The fourth-order valence-electron chi connectivity index (χ4n) is 2.85. The number of hydrogen-bond acceptors (Lipinski definition) is 5. The lowest BCUT2D eigenvalue weighted by molar-refractivity contribution is -0.117. The molecule has 0 aliphatic rings. The molecule has 0 atom stereocenters. The number of carbonyl (C=O) groups is 1. The molecule has 0 saturated heterocycles. The van der Waals surface area contributed by atoms with Crippen LogP contribution in [0.4, 0.5) is 10.1 Å². The Bertz CT molecular complexity index is 1010. The Balaban J connectivity index is 1.70. The van der Waals surface area contributed by atoms with Crippen LogP contribution in [0.25, 0.3) is 10.2 Å². The number of nitrogens with one attached hydrogen (secondary N) is 2. The second-order valence-electron chi connectivity index (χ2n) is 6.39. The third-order valence-electron chi connectivity index (χ3n) is 4.04. The molecule has 2 aromatic heterocycles. The first-order chi connectivity index (χ1) is 13.0. The van der Waals surface area contributed by atoms with Gasteiger partial charge in [-0.1, -0.05) is 13.0 Å². The van der Waals surface area contributed by atoms with Gasteiger partial charge in [0.05, 0.1) is 24.3 Å². The SMILES string of the molecule is CCCN(CC(=O)Nc1ccc(C)cc1F)Cc1nc2ccsc2c(=O)[nH]1. The predicted molar refractivity (Wildman–Crippen MR) is 106 cm³/mol. The van der Waals surface area contributed by atoms with E-state index in [0.717, 1.165) is 12.0 Å². The van der Waals surface area contributed by atoms with Gasteiger partial charge >= 0.3 is 0 Å². The summed E-state index contributed by atoms with van der Waals surface area (Å²) in [4.78, 5) is 33.6. The first-order valence-electron chi connectivity index (χ1n) is 8.71. The minimum Gasteiger partial charge on any atom is -0.322 e. The number of aromatic amines is 1. The van der Waals surface area contributed by atoms with E-state index in [9.17, 15) is 14.0 Å². The second kappa shape index (κ2) is 8.41. The molecule has 0 radical (unpaired) electrons. The molecule has 1 aromatic carbocycles. The van der Waals surface area contributed by atoms with Crippen LogP contribution >= 0.6 is 11.3 Å². The first-order valence-corrected chi connectivity index (χ1v) is 9.59.